The lowest BCUT2D eigenvalue weighted by Crippen LogP contribution is -2.70. The lowest BCUT2D eigenvalue weighted by molar-refractivity contribution is -0.711. The Balaban J connectivity index is 2.07. The van der Waals surface area contributed by atoms with Crippen molar-refractivity contribution in [3.63, 3.8) is 0 Å². The van der Waals surface area contributed by atoms with E-state index in [1.165, 1.54) is 22.0 Å². The first-order chi connectivity index (χ1) is 14.7. The second kappa shape index (κ2) is 8.37. The van der Waals surface area contributed by atoms with Crippen LogP contribution in [0.1, 0.15) is 41.5 Å². The van der Waals surface area contributed by atoms with Gasteiger partial charge in [-0.3, -0.25) is 0 Å². The number of nitrogens with zero attached hydrogens (tertiary/aromatic N) is 2. The van der Waals surface area contributed by atoms with E-state index >= 15 is 0 Å². The number of hydrogen-bond donors (Lipinski definition) is 0. The summed E-state index contributed by atoms with van der Waals surface area (Å²) in [6, 6.07) is 33.3. The fourth-order valence-electron chi connectivity index (χ4n) is 4.16. The predicted molar refractivity (Wildman–Crippen MR) is 136 cm³/mol. The van der Waals surface area contributed by atoms with Gasteiger partial charge in [0.25, 0.3) is 0 Å². The fourth-order valence-corrected chi connectivity index (χ4v) is 14.2. The van der Waals surface area contributed by atoms with Gasteiger partial charge in [0.05, 0.1) is 0 Å². The molecule has 2 nitrogen and oxygen atoms in total. The first-order valence-electron chi connectivity index (χ1n) is 11.0. The summed E-state index contributed by atoms with van der Waals surface area (Å²) in [4.78, 5) is 0. The van der Waals surface area contributed by atoms with Crippen molar-refractivity contribution in [2.45, 2.75) is 52.6 Å². The van der Waals surface area contributed by atoms with Gasteiger partial charge in [0, 0.05) is 16.6 Å². The highest BCUT2D eigenvalue weighted by Crippen LogP contribution is 2.40. The molecule has 0 bridgehead atoms. The minimum Gasteiger partial charge on any atom is -0.425 e. The van der Waals surface area contributed by atoms with Crippen molar-refractivity contribution in [1.29, 1.82) is 0 Å². The molecule has 0 fully saturated rings. The summed E-state index contributed by atoms with van der Waals surface area (Å²) in [5.74, 6) is 1.38. The summed E-state index contributed by atoms with van der Waals surface area (Å²) in [5.41, 5.74) is 1.41. The number of aromatic nitrogens is 2. The zero-order chi connectivity index (χ0) is 22.2. The highest BCUT2D eigenvalue weighted by atomic mass is 31.4. The molecule has 4 aromatic rings. The molecule has 1 heterocycles. The van der Waals surface area contributed by atoms with Gasteiger partial charge < -0.3 is 8.44 Å². The number of benzene rings is 3. The smallest absolute Gasteiger partial charge is 0.152 e. The first-order valence-corrected chi connectivity index (χ1v) is 14.6. The van der Waals surface area contributed by atoms with E-state index in [-0.39, 0.29) is 11.1 Å². The molecule has 160 valence electrons. The van der Waals surface area contributed by atoms with Crippen LogP contribution in [0.4, 0.5) is 0 Å². The van der Waals surface area contributed by atoms with Gasteiger partial charge in [0.1, 0.15) is 8.40 Å². The van der Waals surface area contributed by atoms with Gasteiger partial charge >= 0.3 is 0 Å². The summed E-state index contributed by atoms with van der Waals surface area (Å²) >= 11 is 0. The van der Waals surface area contributed by atoms with Gasteiger partial charge in [-0.25, -0.2) is 0 Å². The van der Waals surface area contributed by atoms with Gasteiger partial charge in [-0.15, -0.1) is 7.47 Å². The predicted octanol–water partition coefficient (Wildman–Crippen LogP) is 5.59. The third-order valence-electron chi connectivity index (χ3n) is 5.43. The monoisotopic (exact) mass is 444 g/mol. The van der Waals surface area contributed by atoms with E-state index < -0.39 is 15.9 Å². The molecular formula is C27H33N2PSi. The highest BCUT2D eigenvalue weighted by Gasteiger charge is 2.35. The molecule has 3 aromatic carbocycles. The van der Waals surface area contributed by atoms with Crippen LogP contribution in [0.15, 0.2) is 91.0 Å². The lowest BCUT2D eigenvalue weighted by atomic mass is 10.1. The largest absolute Gasteiger partial charge is 0.425 e. The van der Waals surface area contributed by atoms with Crippen molar-refractivity contribution in [3.8, 4) is 11.4 Å². The normalized spacial score (nSPS) is 12.5. The van der Waals surface area contributed by atoms with Crippen molar-refractivity contribution < 1.29 is 4.22 Å². The van der Waals surface area contributed by atoms with Gasteiger partial charge in [-0.05, 0) is 64.3 Å². The Bertz CT molecular complexity index is 1060. The van der Waals surface area contributed by atoms with Gasteiger partial charge in [-0.1, -0.05) is 78.9 Å². The topological polar surface area (TPSA) is 8.81 Å². The molecule has 1 aromatic heterocycles. The molecule has 0 N–H and O–H groups in total. The molecule has 0 spiro atoms. The molecule has 0 saturated carbocycles. The molecule has 0 atom stereocenters. The maximum Gasteiger partial charge on any atom is 0.152 e. The standard InChI is InChI=1S/C27H33N2PSi/c1-26(2,3)28-25(22-16-10-7-11-17-22)29(27(4,5)6)31(28)30(23-18-12-8-13-19-23)24-20-14-9-15-21-24/h7-21H,1-6H3. The summed E-state index contributed by atoms with van der Waals surface area (Å²) in [7, 11) is -1.60. The molecule has 0 amide bonds. The van der Waals surface area contributed by atoms with Crippen LogP contribution >= 0.6 is 7.47 Å². The lowest BCUT2D eigenvalue weighted by Gasteiger charge is -2.51. The van der Waals surface area contributed by atoms with E-state index in [0.29, 0.717) is 0 Å². The van der Waals surface area contributed by atoms with Crippen LogP contribution in [0, 0.1) is 0 Å². The Morgan fingerprint density at radius 3 is 1.45 bits per heavy atom. The molecular weight excluding hydrogens is 411 g/mol. The molecule has 4 heteroatoms. The van der Waals surface area contributed by atoms with E-state index in [0.717, 1.165) is 0 Å². The highest BCUT2D eigenvalue weighted by molar-refractivity contribution is 7.97. The van der Waals surface area contributed by atoms with Crippen LogP contribution in [0.5, 0.6) is 0 Å². The maximum absolute atomic E-state index is 2.77. The third-order valence-corrected chi connectivity index (χ3v) is 14.0. The van der Waals surface area contributed by atoms with Gasteiger partial charge in [0.2, 0.25) is 0 Å². The van der Waals surface area contributed by atoms with Crippen molar-refractivity contribution in [2.75, 3.05) is 0 Å². The third kappa shape index (κ3) is 4.27. The van der Waals surface area contributed by atoms with E-state index in [2.05, 4.69) is 141 Å². The van der Waals surface area contributed by atoms with Gasteiger partial charge in [0.15, 0.2) is 5.82 Å². The first kappa shape index (κ1) is 22.0. The van der Waals surface area contributed by atoms with E-state index in [9.17, 15) is 0 Å². The van der Waals surface area contributed by atoms with Crippen molar-refractivity contribution in [2.24, 2.45) is 0 Å². The Labute approximate surface area is 189 Å². The molecule has 0 saturated heterocycles. The summed E-state index contributed by atoms with van der Waals surface area (Å²) < 4.78 is 5.54. The Morgan fingerprint density at radius 2 is 1.06 bits per heavy atom. The quantitative estimate of drug-likeness (QED) is 0.286. The Hall–Kier alpha value is -2.22. The summed E-state index contributed by atoms with van der Waals surface area (Å²) in [6.45, 7) is 14.2. The molecule has 0 aliphatic rings. The number of hydrogen-bond acceptors (Lipinski definition) is 0. The number of rotatable bonds is 4. The SMILES string of the molecule is CC(C)(C)n1c(-c2ccccc2)[n+](C(C)(C)C)[si-]1P(c1ccccc1)c1ccccc1. The van der Waals surface area contributed by atoms with Crippen LogP contribution in [0.2, 0.25) is 0 Å². The van der Waals surface area contributed by atoms with E-state index in [1.54, 1.807) is 0 Å². The second-order valence-electron chi connectivity index (χ2n) is 10.0. The minimum absolute atomic E-state index is 0.0470. The molecule has 4 rings (SSSR count). The Morgan fingerprint density at radius 1 is 0.645 bits per heavy atom. The van der Waals surface area contributed by atoms with Crippen LogP contribution < -0.4 is 14.8 Å². The van der Waals surface area contributed by atoms with Crippen LogP contribution in [-0.4, -0.2) is 12.6 Å². The molecule has 0 radical (unpaired) electrons. The minimum atomic E-state index is -1.08. The van der Waals surface area contributed by atoms with E-state index in [1.807, 2.05) is 0 Å². The zero-order valence-electron chi connectivity index (χ0n) is 19.5. The van der Waals surface area contributed by atoms with Crippen molar-refractivity contribution in [3.05, 3.63) is 91.0 Å². The van der Waals surface area contributed by atoms with Crippen molar-refractivity contribution >= 4 is 26.5 Å². The fraction of sp³-hybridized carbons (Fsp3) is 0.296. The molecule has 31 heavy (non-hydrogen) atoms. The van der Waals surface area contributed by atoms with Crippen LogP contribution in [0.25, 0.3) is 11.4 Å². The molecule has 0 unspecified atom stereocenters. The summed E-state index contributed by atoms with van der Waals surface area (Å²) in [6.07, 6.45) is 0. The Kier molecular flexibility index (Phi) is 5.94. The second-order valence-corrected chi connectivity index (χ2v) is 15.7. The van der Waals surface area contributed by atoms with Gasteiger partial charge in [-0.2, -0.15) is 0 Å². The summed E-state index contributed by atoms with van der Waals surface area (Å²) in [5, 5.41) is 2.93. The maximum atomic E-state index is 2.77. The van der Waals surface area contributed by atoms with E-state index in [4.69, 9.17) is 0 Å². The molecule has 0 aliphatic heterocycles. The van der Waals surface area contributed by atoms with Crippen molar-refractivity contribution in [1.82, 2.24) is 4.22 Å². The molecule has 0 aliphatic carbocycles. The average molecular weight is 445 g/mol. The average Bonchev–Trinajstić information content (AvgIpc) is 2.70. The van der Waals surface area contributed by atoms with Crippen LogP contribution in [0.3, 0.4) is 0 Å². The van der Waals surface area contributed by atoms with Crippen LogP contribution in [-0.2, 0) is 11.1 Å². The zero-order valence-corrected chi connectivity index (χ0v) is 21.4.